The second-order valence-electron chi connectivity index (χ2n) is 4.88. The normalized spacial score (nSPS) is 21.0. The van der Waals surface area contributed by atoms with E-state index in [4.69, 9.17) is 22.1 Å². The molecule has 2 rings (SSSR count). The number of amides is 1. The maximum Gasteiger partial charge on any atom is 0.263 e. The van der Waals surface area contributed by atoms with Gasteiger partial charge in [0.05, 0.1) is 5.02 Å². The number of hydrogen-bond donors (Lipinski definition) is 1. The highest BCUT2D eigenvalue weighted by atomic mass is 35.5. The molecule has 104 valence electrons. The van der Waals surface area contributed by atoms with Crippen LogP contribution in [0.2, 0.25) is 5.02 Å². The van der Waals surface area contributed by atoms with Gasteiger partial charge >= 0.3 is 0 Å². The fourth-order valence-electron chi connectivity index (χ4n) is 2.25. The lowest BCUT2D eigenvalue weighted by Crippen LogP contribution is -2.49. The maximum atomic E-state index is 12.3. The molecule has 1 amide bonds. The summed E-state index contributed by atoms with van der Waals surface area (Å²) in [4.78, 5) is 14.0. The van der Waals surface area contributed by atoms with Crippen LogP contribution in [0.15, 0.2) is 24.3 Å². The summed E-state index contributed by atoms with van der Waals surface area (Å²) in [6, 6.07) is 7.23. The van der Waals surface area contributed by atoms with Gasteiger partial charge in [0.15, 0.2) is 6.10 Å². The monoisotopic (exact) mass is 282 g/mol. The van der Waals surface area contributed by atoms with Crippen molar-refractivity contribution in [3.05, 3.63) is 29.3 Å². The topological polar surface area (TPSA) is 55.6 Å². The lowest BCUT2D eigenvalue weighted by atomic mass is 10.1. The number of likely N-dealkylation sites (tertiary alicyclic amines) is 1. The second kappa shape index (κ2) is 6.26. The van der Waals surface area contributed by atoms with Gasteiger partial charge in [-0.05, 0) is 31.9 Å². The largest absolute Gasteiger partial charge is 0.479 e. The molecular weight excluding hydrogens is 264 g/mol. The van der Waals surface area contributed by atoms with Crippen LogP contribution in [0, 0.1) is 0 Å². The molecular formula is C14H19ClN2O2. The zero-order valence-corrected chi connectivity index (χ0v) is 11.8. The molecule has 0 spiro atoms. The molecule has 1 fully saturated rings. The molecule has 1 aliphatic rings. The van der Waals surface area contributed by atoms with Crippen molar-refractivity contribution >= 4 is 17.5 Å². The minimum atomic E-state index is -0.551. The highest BCUT2D eigenvalue weighted by Gasteiger charge is 2.26. The summed E-state index contributed by atoms with van der Waals surface area (Å²) in [6.45, 7) is 3.10. The molecule has 0 aliphatic carbocycles. The molecule has 1 aromatic carbocycles. The van der Waals surface area contributed by atoms with Gasteiger partial charge in [-0.3, -0.25) is 4.79 Å². The first-order valence-corrected chi connectivity index (χ1v) is 6.91. The van der Waals surface area contributed by atoms with Gasteiger partial charge in [-0.15, -0.1) is 0 Å². The third-order valence-electron chi connectivity index (χ3n) is 3.26. The fraction of sp³-hybridized carbons (Fsp3) is 0.500. The molecule has 5 heteroatoms. The van der Waals surface area contributed by atoms with Crippen molar-refractivity contribution in [1.29, 1.82) is 0 Å². The number of halogens is 1. The van der Waals surface area contributed by atoms with Crippen LogP contribution < -0.4 is 10.5 Å². The number of hydrogen-bond acceptors (Lipinski definition) is 3. The molecule has 19 heavy (non-hydrogen) atoms. The van der Waals surface area contributed by atoms with Gasteiger partial charge in [-0.2, -0.15) is 0 Å². The number of rotatable bonds is 3. The Balaban J connectivity index is 1.97. The van der Waals surface area contributed by atoms with Gasteiger partial charge in [-0.25, -0.2) is 0 Å². The average Bonchev–Trinajstić information content (AvgIpc) is 2.40. The Morgan fingerprint density at radius 3 is 2.95 bits per heavy atom. The van der Waals surface area contributed by atoms with Crippen LogP contribution in [0.5, 0.6) is 5.75 Å². The van der Waals surface area contributed by atoms with E-state index in [9.17, 15) is 4.79 Å². The van der Waals surface area contributed by atoms with Crippen molar-refractivity contribution in [2.45, 2.75) is 31.9 Å². The molecule has 2 atom stereocenters. The first-order valence-electron chi connectivity index (χ1n) is 6.53. The first kappa shape index (κ1) is 14.2. The van der Waals surface area contributed by atoms with Gasteiger partial charge in [0.1, 0.15) is 5.75 Å². The van der Waals surface area contributed by atoms with Gasteiger partial charge in [0.25, 0.3) is 5.91 Å². The Kier molecular flexibility index (Phi) is 4.66. The molecule has 4 nitrogen and oxygen atoms in total. The fourth-order valence-corrected chi connectivity index (χ4v) is 2.43. The van der Waals surface area contributed by atoms with Crippen molar-refractivity contribution < 1.29 is 9.53 Å². The van der Waals surface area contributed by atoms with Crippen molar-refractivity contribution in [3.8, 4) is 5.75 Å². The van der Waals surface area contributed by atoms with Gasteiger partial charge in [0.2, 0.25) is 0 Å². The summed E-state index contributed by atoms with van der Waals surface area (Å²) < 4.78 is 5.63. The van der Waals surface area contributed by atoms with Crippen LogP contribution in [0.4, 0.5) is 0 Å². The van der Waals surface area contributed by atoms with Crippen LogP contribution in [-0.2, 0) is 4.79 Å². The van der Waals surface area contributed by atoms with E-state index in [1.807, 2.05) is 12.1 Å². The number of carbonyl (C=O) groups is 1. The standard InChI is InChI=1S/C14H19ClN2O2/c1-10(19-13-7-3-2-6-12(13)15)14(18)17-8-4-5-11(16)9-17/h2-3,6-7,10-11H,4-5,8-9,16H2,1H3. The first-order chi connectivity index (χ1) is 9.08. The van der Waals surface area contributed by atoms with Crippen molar-refractivity contribution in [2.75, 3.05) is 13.1 Å². The van der Waals surface area contributed by atoms with E-state index >= 15 is 0 Å². The molecule has 1 heterocycles. The maximum absolute atomic E-state index is 12.3. The zero-order valence-electron chi connectivity index (χ0n) is 11.0. The lowest BCUT2D eigenvalue weighted by Gasteiger charge is -2.32. The van der Waals surface area contributed by atoms with Crippen molar-refractivity contribution in [3.63, 3.8) is 0 Å². The molecule has 0 bridgehead atoms. The van der Waals surface area contributed by atoms with E-state index in [0.29, 0.717) is 17.3 Å². The van der Waals surface area contributed by atoms with Crippen LogP contribution in [0.3, 0.4) is 0 Å². The summed E-state index contributed by atoms with van der Waals surface area (Å²) in [7, 11) is 0. The van der Waals surface area contributed by atoms with Crippen LogP contribution in [-0.4, -0.2) is 36.0 Å². The second-order valence-corrected chi connectivity index (χ2v) is 5.28. The number of nitrogens with zero attached hydrogens (tertiary/aromatic N) is 1. The molecule has 1 aliphatic heterocycles. The van der Waals surface area contributed by atoms with Gasteiger partial charge in [0, 0.05) is 19.1 Å². The van der Waals surface area contributed by atoms with Crippen molar-refractivity contribution in [1.82, 2.24) is 4.90 Å². The third kappa shape index (κ3) is 3.61. The Bertz CT molecular complexity index is 453. The molecule has 0 aromatic heterocycles. The van der Waals surface area contributed by atoms with E-state index in [2.05, 4.69) is 0 Å². The van der Waals surface area contributed by atoms with Gasteiger partial charge in [-0.1, -0.05) is 23.7 Å². The molecule has 0 saturated carbocycles. The number of ether oxygens (including phenoxy) is 1. The number of piperidine rings is 1. The Labute approximate surface area is 118 Å². The highest BCUT2D eigenvalue weighted by Crippen LogP contribution is 2.24. The number of para-hydroxylation sites is 1. The number of benzene rings is 1. The van der Waals surface area contributed by atoms with Crippen LogP contribution in [0.25, 0.3) is 0 Å². The predicted molar refractivity (Wildman–Crippen MR) is 75.3 cm³/mol. The van der Waals surface area contributed by atoms with E-state index in [-0.39, 0.29) is 11.9 Å². The minimum Gasteiger partial charge on any atom is -0.479 e. The third-order valence-corrected chi connectivity index (χ3v) is 3.57. The Morgan fingerprint density at radius 1 is 1.53 bits per heavy atom. The lowest BCUT2D eigenvalue weighted by molar-refractivity contribution is -0.139. The average molecular weight is 283 g/mol. The van der Waals surface area contributed by atoms with Crippen LogP contribution >= 0.6 is 11.6 Å². The van der Waals surface area contributed by atoms with Gasteiger partial charge < -0.3 is 15.4 Å². The van der Waals surface area contributed by atoms with E-state index < -0.39 is 6.10 Å². The summed E-state index contributed by atoms with van der Waals surface area (Å²) in [5.41, 5.74) is 5.88. The minimum absolute atomic E-state index is 0.0323. The number of carbonyl (C=O) groups excluding carboxylic acids is 1. The predicted octanol–water partition coefficient (Wildman–Crippen LogP) is 2.06. The quantitative estimate of drug-likeness (QED) is 0.923. The Hall–Kier alpha value is -1.26. The van der Waals surface area contributed by atoms with E-state index in [0.717, 1.165) is 19.4 Å². The molecule has 1 saturated heterocycles. The molecule has 2 unspecified atom stereocenters. The summed E-state index contributed by atoms with van der Waals surface area (Å²) in [5.74, 6) is 0.501. The SMILES string of the molecule is CC(Oc1ccccc1Cl)C(=O)N1CCCC(N)C1. The molecule has 2 N–H and O–H groups in total. The summed E-state index contributed by atoms with van der Waals surface area (Å²) in [5, 5.41) is 0.512. The van der Waals surface area contributed by atoms with Crippen molar-refractivity contribution in [2.24, 2.45) is 5.73 Å². The Morgan fingerprint density at radius 2 is 2.26 bits per heavy atom. The smallest absolute Gasteiger partial charge is 0.263 e. The molecule has 0 radical (unpaired) electrons. The summed E-state index contributed by atoms with van der Waals surface area (Å²) in [6.07, 6.45) is 1.38. The van der Waals surface area contributed by atoms with E-state index in [1.54, 1.807) is 24.0 Å². The summed E-state index contributed by atoms with van der Waals surface area (Å²) >= 11 is 6.01. The zero-order chi connectivity index (χ0) is 13.8. The highest BCUT2D eigenvalue weighted by molar-refractivity contribution is 6.32. The van der Waals surface area contributed by atoms with E-state index in [1.165, 1.54) is 0 Å². The number of nitrogens with two attached hydrogens (primary N) is 1. The van der Waals surface area contributed by atoms with Crippen LogP contribution in [0.1, 0.15) is 19.8 Å². The molecule has 1 aromatic rings.